The molecule has 0 saturated heterocycles. The smallest absolute Gasteiger partial charge is 0.213 e. The number of hydrogen-bond acceptors (Lipinski definition) is 5. The van der Waals surface area contributed by atoms with Gasteiger partial charge >= 0.3 is 0 Å². The molecule has 1 aromatic heterocycles. The molecular weight excluding hydrogens is 435 g/mol. The van der Waals surface area contributed by atoms with Gasteiger partial charge in [0, 0.05) is 18.8 Å². The Balaban J connectivity index is 0.00000312. The van der Waals surface area contributed by atoms with E-state index in [2.05, 4.69) is 15.3 Å². The number of halogens is 1. The molecule has 3 N–H and O–H groups in total. The molecule has 0 bridgehead atoms. The van der Waals surface area contributed by atoms with Crippen molar-refractivity contribution in [3.63, 3.8) is 0 Å². The Bertz CT molecular complexity index is 710. The number of ether oxygens (including phenoxy) is 3. The third kappa shape index (κ3) is 6.29. The van der Waals surface area contributed by atoms with Crippen LogP contribution in [0.15, 0.2) is 41.5 Å². The van der Waals surface area contributed by atoms with Crippen LogP contribution in [0.5, 0.6) is 17.4 Å². The van der Waals surface area contributed by atoms with Gasteiger partial charge < -0.3 is 25.3 Å². The lowest BCUT2D eigenvalue weighted by Crippen LogP contribution is -2.31. The van der Waals surface area contributed by atoms with Gasteiger partial charge in [0.05, 0.1) is 27.9 Å². The number of pyridine rings is 1. The molecule has 0 radical (unpaired) electrons. The highest BCUT2D eigenvalue weighted by molar-refractivity contribution is 14.0. The molecule has 1 aromatic carbocycles. The summed E-state index contributed by atoms with van der Waals surface area (Å²) in [5.74, 6) is 2.28. The minimum absolute atomic E-state index is 0. The first-order valence-electron chi connectivity index (χ1n) is 7.40. The maximum Gasteiger partial charge on any atom is 0.213 e. The number of methoxy groups -OCH3 is 3. The van der Waals surface area contributed by atoms with Crippen molar-refractivity contribution < 1.29 is 14.2 Å². The highest BCUT2D eigenvalue weighted by atomic mass is 127. The summed E-state index contributed by atoms with van der Waals surface area (Å²) in [6.45, 7) is 0.985. The van der Waals surface area contributed by atoms with Gasteiger partial charge in [0.1, 0.15) is 0 Å². The summed E-state index contributed by atoms with van der Waals surface area (Å²) in [5.41, 5.74) is 7.88. The van der Waals surface area contributed by atoms with E-state index < -0.39 is 0 Å². The van der Waals surface area contributed by atoms with Gasteiger partial charge in [-0.1, -0.05) is 6.07 Å². The zero-order valence-electron chi connectivity index (χ0n) is 14.5. The average molecular weight is 458 g/mol. The fourth-order valence-electron chi connectivity index (χ4n) is 2.08. The summed E-state index contributed by atoms with van der Waals surface area (Å²) in [5, 5.41) is 3.06. The summed E-state index contributed by atoms with van der Waals surface area (Å²) < 4.78 is 15.6. The Morgan fingerprint density at radius 2 is 1.80 bits per heavy atom. The monoisotopic (exact) mass is 458 g/mol. The van der Waals surface area contributed by atoms with E-state index in [1.165, 1.54) is 0 Å². The number of aliphatic imine (C=N–C) groups is 1. The van der Waals surface area contributed by atoms with E-state index in [1.54, 1.807) is 27.5 Å². The summed E-state index contributed by atoms with van der Waals surface area (Å²) >= 11 is 0. The van der Waals surface area contributed by atoms with Crippen LogP contribution < -0.4 is 25.3 Å². The molecule has 0 atom stereocenters. The Morgan fingerprint density at radius 3 is 2.48 bits per heavy atom. The van der Waals surface area contributed by atoms with Crippen LogP contribution in [0.2, 0.25) is 0 Å². The van der Waals surface area contributed by atoms with Gasteiger partial charge in [0.15, 0.2) is 17.5 Å². The molecule has 1 heterocycles. The van der Waals surface area contributed by atoms with Crippen LogP contribution in [0.4, 0.5) is 0 Å². The lowest BCUT2D eigenvalue weighted by molar-refractivity contribution is 0.354. The van der Waals surface area contributed by atoms with Crippen LogP contribution in [0.25, 0.3) is 0 Å². The summed E-state index contributed by atoms with van der Waals surface area (Å²) in [6.07, 6.45) is 1.69. The SMILES string of the molecule is COc1cc(CNC(N)=NCc2ccc(OC)c(OC)c2)ccn1.I. The highest BCUT2D eigenvalue weighted by Gasteiger charge is 2.04. The summed E-state index contributed by atoms with van der Waals surface area (Å²) in [6, 6.07) is 9.37. The zero-order chi connectivity index (χ0) is 17.4. The van der Waals surface area contributed by atoms with Gasteiger partial charge in [-0.2, -0.15) is 0 Å². The normalized spacial score (nSPS) is 10.6. The van der Waals surface area contributed by atoms with Crippen LogP contribution in [-0.2, 0) is 13.1 Å². The van der Waals surface area contributed by atoms with E-state index in [0.717, 1.165) is 11.1 Å². The quantitative estimate of drug-likeness (QED) is 0.376. The Labute approximate surface area is 164 Å². The van der Waals surface area contributed by atoms with Crippen LogP contribution in [-0.4, -0.2) is 32.3 Å². The molecule has 0 amide bonds. The molecule has 8 heteroatoms. The van der Waals surface area contributed by atoms with Crippen molar-refractivity contribution in [3.8, 4) is 17.4 Å². The fraction of sp³-hybridized carbons (Fsp3) is 0.294. The fourth-order valence-corrected chi connectivity index (χ4v) is 2.08. The van der Waals surface area contributed by atoms with Gasteiger partial charge in [-0.15, -0.1) is 24.0 Å². The number of hydrogen-bond donors (Lipinski definition) is 2. The molecule has 0 spiro atoms. The predicted octanol–water partition coefficient (Wildman–Crippen LogP) is 2.33. The number of nitrogens with two attached hydrogens (primary N) is 1. The summed E-state index contributed by atoms with van der Waals surface area (Å²) in [7, 11) is 4.79. The number of guanidine groups is 1. The number of benzene rings is 1. The van der Waals surface area contributed by atoms with Crippen LogP contribution in [0.3, 0.4) is 0 Å². The molecule has 0 aliphatic rings. The van der Waals surface area contributed by atoms with E-state index in [0.29, 0.717) is 36.4 Å². The van der Waals surface area contributed by atoms with Crippen molar-refractivity contribution >= 4 is 29.9 Å². The third-order valence-electron chi connectivity index (χ3n) is 3.36. The largest absolute Gasteiger partial charge is 0.493 e. The zero-order valence-corrected chi connectivity index (χ0v) is 16.8. The molecule has 2 rings (SSSR count). The second-order valence-corrected chi connectivity index (χ2v) is 4.95. The van der Waals surface area contributed by atoms with Crippen LogP contribution in [0, 0.1) is 0 Å². The van der Waals surface area contributed by atoms with E-state index in [4.69, 9.17) is 19.9 Å². The van der Waals surface area contributed by atoms with Crippen molar-refractivity contribution in [2.45, 2.75) is 13.1 Å². The predicted molar refractivity (Wildman–Crippen MR) is 108 cm³/mol. The number of nitrogens with zero attached hydrogens (tertiary/aromatic N) is 2. The van der Waals surface area contributed by atoms with Crippen LogP contribution >= 0.6 is 24.0 Å². The van der Waals surface area contributed by atoms with E-state index in [1.807, 2.05) is 30.3 Å². The molecule has 0 aliphatic heterocycles. The third-order valence-corrected chi connectivity index (χ3v) is 3.36. The number of nitrogens with one attached hydrogen (secondary N) is 1. The second-order valence-electron chi connectivity index (χ2n) is 4.95. The topological polar surface area (TPSA) is 91.0 Å². The minimum atomic E-state index is 0. The first kappa shape index (κ1) is 20.8. The van der Waals surface area contributed by atoms with Crippen molar-refractivity contribution in [1.82, 2.24) is 10.3 Å². The highest BCUT2D eigenvalue weighted by Crippen LogP contribution is 2.27. The molecule has 2 aromatic rings. The molecule has 0 saturated carbocycles. The van der Waals surface area contributed by atoms with Gasteiger partial charge in [-0.25, -0.2) is 9.98 Å². The maximum absolute atomic E-state index is 5.90. The average Bonchev–Trinajstić information content (AvgIpc) is 2.64. The lowest BCUT2D eigenvalue weighted by atomic mass is 10.2. The van der Waals surface area contributed by atoms with Crippen LogP contribution in [0.1, 0.15) is 11.1 Å². The number of rotatable bonds is 7. The van der Waals surface area contributed by atoms with Crippen molar-refractivity contribution in [3.05, 3.63) is 47.7 Å². The molecule has 25 heavy (non-hydrogen) atoms. The molecule has 0 aliphatic carbocycles. The lowest BCUT2D eigenvalue weighted by Gasteiger charge is -2.09. The van der Waals surface area contributed by atoms with Gasteiger partial charge in [-0.05, 0) is 29.3 Å². The van der Waals surface area contributed by atoms with Crippen molar-refractivity contribution in [2.24, 2.45) is 10.7 Å². The Morgan fingerprint density at radius 1 is 1.04 bits per heavy atom. The second kappa shape index (κ2) is 10.6. The first-order chi connectivity index (χ1) is 11.7. The molecule has 136 valence electrons. The molecule has 0 unspecified atom stereocenters. The summed E-state index contributed by atoms with van der Waals surface area (Å²) in [4.78, 5) is 8.38. The molecule has 0 fully saturated rings. The Hall–Kier alpha value is -2.23. The molecular formula is C17H23IN4O3. The first-order valence-corrected chi connectivity index (χ1v) is 7.40. The van der Waals surface area contributed by atoms with Crippen molar-refractivity contribution in [1.29, 1.82) is 0 Å². The van der Waals surface area contributed by atoms with E-state index in [9.17, 15) is 0 Å². The minimum Gasteiger partial charge on any atom is -0.493 e. The van der Waals surface area contributed by atoms with Gasteiger partial charge in [-0.3, -0.25) is 0 Å². The van der Waals surface area contributed by atoms with Crippen molar-refractivity contribution in [2.75, 3.05) is 21.3 Å². The number of aromatic nitrogens is 1. The van der Waals surface area contributed by atoms with E-state index in [-0.39, 0.29) is 24.0 Å². The molecule has 7 nitrogen and oxygen atoms in total. The Kier molecular flexibility index (Phi) is 8.82. The maximum atomic E-state index is 5.90. The van der Waals surface area contributed by atoms with Gasteiger partial charge in [0.2, 0.25) is 5.88 Å². The van der Waals surface area contributed by atoms with Gasteiger partial charge in [0.25, 0.3) is 0 Å². The standard InChI is InChI=1S/C17H22N4O3.HI/c1-22-14-5-4-12(8-15(14)23-2)10-20-17(18)21-11-13-6-7-19-16(9-13)24-3;/h4-9H,10-11H2,1-3H3,(H3,18,20,21);1H. The van der Waals surface area contributed by atoms with E-state index >= 15 is 0 Å².